The van der Waals surface area contributed by atoms with Gasteiger partial charge < -0.3 is 20.0 Å². The van der Waals surface area contributed by atoms with Gasteiger partial charge in [-0.05, 0) is 12.8 Å². The monoisotopic (exact) mass is 198 g/mol. The smallest absolute Gasteiger partial charge is 0.330 e. The number of hydrogen-bond donors (Lipinski definition) is 4. The number of rotatable bonds is 6. The summed E-state index contributed by atoms with van der Waals surface area (Å²) in [7, 11) is -4.15. The normalized spacial score (nSPS) is 14.7. The van der Waals surface area contributed by atoms with Crippen molar-refractivity contribution in [3.05, 3.63) is 0 Å². The topological polar surface area (TPSA) is 98.0 Å². The molecule has 0 spiro atoms. The van der Waals surface area contributed by atoms with Gasteiger partial charge in [-0.2, -0.15) is 0 Å². The van der Waals surface area contributed by atoms with E-state index >= 15 is 0 Å². The molecule has 0 radical (unpaired) electrons. The summed E-state index contributed by atoms with van der Waals surface area (Å²) in [5.74, 6) is 0. The molecule has 1 unspecified atom stereocenters. The Labute approximate surface area is 71.2 Å². The lowest BCUT2D eigenvalue weighted by atomic mass is 10.2. The first kappa shape index (κ1) is 12.1. The molecular formula is C6H15O5P. The lowest BCUT2D eigenvalue weighted by Crippen LogP contribution is -2.13. The fraction of sp³-hybridized carbons (Fsp3) is 1.00. The Balaban J connectivity index is 3.77. The zero-order chi connectivity index (χ0) is 9.61. The van der Waals surface area contributed by atoms with E-state index in [-0.39, 0.29) is 13.0 Å². The van der Waals surface area contributed by atoms with Crippen molar-refractivity contribution in [1.29, 1.82) is 0 Å². The summed E-state index contributed by atoms with van der Waals surface area (Å²) in [4.78, 5) is 17.3. The Bertz CT molecular complexity index is 154. The van der Waals surface area contributed by atoms with E-state index in [1.54, 1.807) is 0 Å². The van der Waals surface area contributed by atoms with Crippen LogP contribution in [0.1, 0.15) is 19.3 Å². The van der Waals surface area contributed by atoms with Crippen molar-refractivity contribution in [3.8, 4) is 0 Å². The van der Waals surface area contributed by atoms with Gasteiger partial charge in [0.2, 0.25) is 0 Å². The highest BCUT2D eigenvalue weighted by Crippen LogP contribution is 2.43. The Morgan fingerprint density at radius 2 is 1.75 bits per heavy atom. The molecule has 0 saturated carbocycles. The van der Waals surface area contributed by atoms with Crippen LogP contribution in [0.4, 0.5) is 0 Å². The standard InChI is InChI=1S/C6H15O5P/c7-4-2-1-3-6(5-8)12(9,10)11/h6-8H,1-5H2,(H2,9,10,11). The van der Waals surface area contributed by atoms with Gasteiger partial charge in [0.1, 0.15) is 0 Å². The van der Waals surface area contributed by atoms with Gasteiger partial charge in [-0.1, -0.05) is 6.42 Å². The van der Waals surface area contributed by atoms with Crippen LogP contribution in [0.3, 0.4) is 0 Å². The second kappa shape index (κ2) is 5.67. The third-order valence-corrected chi connectivity index (χ3v) is 3.00. The Morgan fingerprint density at radius 1 is 1.17 bits per heavy atom. The van der Waals surface area contributed by atoms with E-state index in [9.17, 15) is 4.57 Å². The fourth-order valence-corrected chi connectivity index (χ4v) is 1.59. The van der Waals surface area contributed by atoms with Gasteiger partial charge in [0.05, 0.1) is 12.3 Å². The van der Waals surface area contributed by atoms with Crippen LogP contribution >= 0.6 is 7.60 Å². The molecule has 0 aromatic heterocycles. The van der Waals surface area contributed by atoms with Gasteiger partial charge in [-0.25, -0.2) is 0 Å². The molecule has 5 nitrogen and oxygen atoms in total. The molecule has 0 aromatic rings. The molecule has 0 rings (SSSR count). The maximum Gasteiger partial charge on any atom is 0.330 e. The number of aliphatic hydroxyl groups is 2. The van der Waals surface area contributed by atoms with Gasteiger partial charge in [0.15, 0.2) is 0 Å². The SMILES string of the molecule is O=P(O)(O)C(CO)CCCCO. The molecule has 0 aliphatic carbocycles. The largest absolute Gasteiger partial charge is 0.396 e. The number of unbranched alkanes of at least 4 members (excludes halogenated alkanes) is 1. The molecule has 0 amide bonds. The summed E-state index contributed by atoms with van der Waals surface area (Å²) in [6, 6.07) is 0. The van der Waals surface area contributed by atoms with Gasteiger partial charge in [0, 0.05) is 6.61 Å². The van der Waals surface area contributed by atoms with E-state index in [1.807, 2.05) is 0 Å². The zero-order valence-corrected chi connectivity index (χ0v) is 7.65. The van der Waals surface area contributed by atoms with Crippen LogP contribution in [0.15, 0.2) is 0 Å². The molecule has 0 saturated heterocycles. The van der Waals surface area contributed by atoms with Crippen molar-refractivity contribution in [1.82, 2.24) is 0 Å². The van der Waals surface area contributed by atoms with E-state index < -0.39 is 19.9 Å². The summed E-state index contributed by atoms with van der Waals surface area (Å²) in [6.45, 7) is -0.491. The average molecular weight is 198 g/mol. The minimum atomic E-state index is -4.15. The van der Waals surface area contributed by atoms with Crippen LogP contribution in [0, 0.1) is 0 Å². The van der Waals surface area contributed by atoms with Crippen molar-refractivity contribution in [3.63, 3.8) is 0 Å². The van der Waals surface area contributed by atoms with E-state index in [2.05, 4.69) is 0 Å². The molecule has 0 aromatic carbocycles. The third kappa shape index (κ3) is 4.85. The molecule has 6 heteroatoms. The second-order valence-corrected chi connectivity index (χ2v) is 4.55. The van der Waals surface area contributed by atoms with Gasteiger partial charge >= 0.3 is 7.60 Å². The first-order chi connectivity index (χ1) is 5.52. The van der Waals surface area contributed by atoms with Crippen molar-refractivity contribution in [2.24, 2.45) is 0 Å². The van der Waals surface area contributed by atoms with Crippen molar-refractivity contribution in [2.45, 2.75) is 24.9 Å². The van der Waals surface area contributed by atoms with E-state index in [0.717, 1.165) is 0 Å². The van der Waals surface area contributed by atoms with Gasteiger partial charge in [-0.15, -0.1) is 0 Å². The lowest BCUT2D eigenvalue weighted by Gasteiger charge is -2.14. The number of aliphatic hydroxyl groups excluding tert-OH is 2. The van der Waals surface area contributed by atoms with Crippen molar-refractivity contribution >= 4 is 7.60 Å². The Hall–Kier alpha value is 0.0700. The fourth-order valence-electron chi connectivity index (χ4n) is 0.858. The summed E-state index contributed by atoms with van der Waals surface area (Å²) in [5, 5.41) is 17.0. The van der Waals surface area contributed by atoms with E-state index in [4.69, 9.17) is 20.0 Å². The average Bonchev–Trinajstić information content (AvgIpc) is 1.95. The Morgan fingerprint density at radius 3 is 2.08 bits per heavy atom. The van der Waals surface area contributed by atoms with Gasteiger partial charge in [0.25, 0.3) is 0 Å². The summed E-state index contributed by atoms with van der Waals surface area (Å²) < 4.78 is 10.6. The van der Waals surface area contributed by atoms with Crippen LogP contribution in [0.5, 0.6) is 0 Å². The summed E-state index contributed by atoms with van der Waals surface area (Å²) in [6.07, 6.45) is 1.28. The lowest BCUT2D eigenvalue weighted by molar-refractivity contribution is 0.248. The first-order valence-electron chi connectivity index (χ1n) is 3.79. The minimum absolute atomic E-state index is 0.0132. The first-order valence-corrected chi connectivity index (χ1v) is 5.47. The third-order valence-electron chi connectivity index (χ3n) is 1.63. The highest BCUT2D eigenvalue weighted by molar-refractivity contribution is 7.52. The summed E-state index contributed by atoms with van der Waals surface area (Å²) in [5.41, 5.74) is -0.968. The maximum atomic E-state index is 10.6. The summed E-state index contributed by atoms with van der Waals surface area (Å²) >= 11 is 0. The quantitative estimate of drug-likeness (QED) is 0.346. The predicted molar refractivity (Wildman–Crippen MR) is 43.9 cm³/mol. The highest BCUT2D eigenvalue weighted by Gasteiger charge is 2.26. The van der Waals surface area contributed by atoms with Crippen LogP contribution in [-0.4, -0.2) is 38.9 Å². The molecule has 0 fully saturated rings. The molecule has 0 bridgehead atoms. The molecule has 0 aliphatic heterocycles. The molecular weight excluding hydrogens is 183 g/mol. The minimum Gasteiger partial charge on any atom is -0.396 e. The van der Waals surface area contributed by atoms with E-state index in [1.165, 1.54) is 0 Å². The zero-order valence-electron chi connectivity index (χ0n) is 6.76. The molecule has 0 aliphatic rings. The predicted octanol–water partition coefficient (Wildman–Crippen LogP) is -0.312. The van der Waals surface area contributed by atoms with E-state index in [0.29, 0.717) is 12.8 Å². The molecule has 12 heavy (non-hydrogen) atoms. The molecule has 0 heterocycles. The maximum absolute atomic E-state index is 10.6. The van der Waals surface area contributed by atoms with Crippen LogP contribution in [0.25, 0.3) is 0 Å². The van der Waals surface area contributed by atoms with Crippen molar-refractivity contribution < 1.29 is 24.6 Å². The second-order valence-electron chi connectivity index (χ2n) is 2.64. The molecule has 74 valence electrons. The Kier molecular flexibility index (Phi) is 5.70. The van der Waals surface area contributed by atoms with Gasteiger partial charge in [-0.3, -0.25) is 4.57 Å². The van der Waals surface area contributed by atoms with Crippen molar-refractivity contribution in [2.75, 3.05) is 13.2 Å². The number of hydrogen-bond acceptors (Lipinski definition) is 3. The molecule has 1 atom stereocenters. The van der Waals surface area contributed by atoms with Crippen LogP contribution in [0.2, 0.25) is 0 Å². The van der Waals surface area contributed by atoms with Crippen LogP contribution < -0.4 is 0 Å². The molecule has 4 N–H and O–H groups in total. The highest BCUT2D eigenvalue weighted by atomic mass is 31.2. The van der Waals surface area contributed by atoms with Crippen LogP contribution in [-0.2, 0) is 4.57 Å².